The van der Waals surface area contributed by atoms with Gasteiger partial charge in [-0.3, -0.25) is 0 Å². The van der Waals surface area contributed by atoms with E-state index in [0.29, 0.717) is 0 Å². The molecule has 0 radical (unpaired) electrons. The number of hydrogen-bond acceptors (Lipinski definition) is 2. The van der Waals surface area contributed by atoms with E-state index in [1.165, 1.54) is 9.88 Å². The van der Waals surface area contributed by atoms with Gasteiger partial charge in [-0.2, -0.15) is 0 Å². The van der Waals surface area contributed by atoms with Crippen molar-refractivity contribution < 1.29 is 0 Å². The first-order chi connectivity index (χ1) is 5.36. The molecule has 1 aromatic heterocycles. The molecule has 0 fully saturated rings. The van der Waals surface area contributed by atoms with Crippen molar-refractivity contribution in [3.8, 4) is 0 Å². The van der Waals surface area contributed by atoms with Crippen LogP contribution >= 0.6 is 11.3 Å². The minimum Gasteiger partial charge on any atom is -0.249 e. The molecule has 1 heterocycles. The Morgan fingerprint density at radius 2 is 1.91 bits per heavy atom. The maximum Gasteiger partial charge on any atom is 0.0924 e. The number of thiazole rings is 1. The van der Waals surface area contributed by atoms with Crippen molar-refractivity contribution in [3.63, 3.8) is 0 Å². The second kappa shape index (κ2) is 6.35. The Morgan fingerprint density at radius 1 is 1.27 bits per heavy atom. The molecule has 0 saturated carbocycles. The number of hydrogen-bond donors (Lipinski definition) is 0. The van der Waals surface area contributed by atoms with Crippen LogP contribution in [-0.2, 0) is 12.8 Å². The van der Waals surface area contributed by atoms with Crippen molar-refractivity contribution in [2.75, 3.05) is 0 Å². The second-order valence-electron chi connectivity index (χ2n) is 1.93. The van der Waals surface area contributed by atoms with Gasteiger partial charge in [-0.1, -0.05) is 27.7 Å². The van der Waals surface area contributed by atoms with Crippen molar-refractivity contribution in [1.82, 2.24) is 4.98 Å². The second-order valence-corrected chi connectivity index (χ2v) is 3.13. The lowest BCUT2D eigenvalue weighted by Crippen LogP contribution is -1.70. The average Bonchev–Trinajstić information content (AvgIpc) is 2.55. The van der Waals surface area contributed by atoms with E-state index >= 15 is 0 Å². The van der Waals surface area contributed by atoms with E-state index in [2.05, 4.69) is 18.8 Å². The van der Waals surface area contributed by atoms with E-state index in [0.717, 1.165) is 12.8 Å². The lowest BCUT2D eigenvalue weighted by molar-refractivity contribution is 1.09. The van der Waals surface area contributed by atoms with Crippen LogP contribution in [0.1, 0.15) is 37.6 Å². The Balaban J connectivity index is 0.000000461. The quantitative estimate of drug-likeness (QED) is 0.665. The fourth-order valence-electron chi connectivity index (χ4n) is 0.675. The van der Waals surface area contributed by atoms with Gasteiger partial charge in [0, 0.05) is 11.1 Å². The van der Waals surface area contributed by atoms with Gasteiger partial charge >= 0.3 is 0 Å². The van der Waals surface area contributed by atoms with Crippen LogP contribution in [0.3, 0.4) is 0 Å². The van der Waals surface area contributed by atoms with E-state index in [9.17, 15) is 0 Å². The number of nitrogens with zero attached hydrogens (tertiary/aromatic N) is 1. The van der Waals surface area contributed by atoms with Gasteiger partial charge in [0.1, 0.15) is 0 Å². The van der Waals surface area contributed by atoms with Gasteiger partial charge in [-0.15, -0.1) is 11.3 Å². The molecule has 0 unspecified atom stereocenters. The van der Waals surface area contributed by atoms with Crippen molar-refractivity contribution >= 4 is 11.3 Å². The van der Waals surface area contributed by atoms with E-state index in [-0.39, 0.29) is 0 Å². The van der Waals surface area contributed by atoms with Gasteiger partial charge in [0.2, 0.25) is 0 Å². The summed E-state index contributed by atoms with van der Waals surface area (Å²) in [6, 6.07) is 0. The molecular formula is C9H17NS. The minimum atomic E-state index is 1.07. The Morgan fingerprint density at radius 3 is 2.18 bits per heavy atom. The van der Waals surface area contributed by atoms with E-state index < -0.39 is 0 Å². The fraction of sp³-hybridized carbons (Fsp3) is 0.667. The summed E-state index contributed by atoms with van der Waals surface area (Å²) < 4.78 is 0. The molecule has 0 aliphatic rings. The summed E-state index contributed by atoms with van der Waals surface area (Å²) in [5, 5.41) is 1.26. The monoisotopic (exact) mass is 171 g/mol. The topological polar surface area (TPSA) is 12.9 Å². The summed E-state index contributed by atoms with van der Waals surface area (Å²) in [4.78, 5) is 5.62. The van der Waals surface area contributed by atoms with Crippen molar-refractivity contribution in [2.45, 2.75) is 40.5 Å². The van der Waals surface area contributed by atoms with Crippen molar-refractivity contribution in [2.24, 2.45) is 0 Å². The molecule has 0 atom stereocenters. The molecule has 0 aliphatic carbocycles. The predicted octanol–water partition coefficient (Wildman–Crippen LogP) is 3.29. The molecule has 11 heavy (non-hydrogen) atoms. The SMILES string of the molecule is CC.CCc1cnc(CC)s1. The maximum atomic E-state index is 4.22. The molecule has 1 aromatic rings. The lowest BCUT2D eigenvalue weighted by atomic mass is 10.4. The number of aromatic nitrogens is 1. The number of aryl methyl sites for hydroxylation is 2. The first-order valence-corrected chi connectivity index (χ1v) is 5.12. The smallest absolute Gasteiger partial charge is 0.0924 e. The van der Waals surface area contributed by atoms with Crippen LogP contribution in [0.2, 0.25) is 0 Å². The van der Waals surface area contributed by atoms with Gasteiger partial charge in [0.25, 0.3) is 0 Å². The van der Waals surface area contributed by atoms with Crippen LogP contribution < -0.4 is 0 Å². The highest BCUT2D eigenvalue weighted by atomic mass is 32.1. The molecule has 0 amide bonds. The van der Waals surface area contributed by atoms with Gasteiger partial charge in [0.05, 0.1) is 5.01 Å². The summed E-state index contributed by atoms with van der Waals surface area (Å²) >= 11 is 1.82. The minimum absolute atomic E-state index is 1.07. The summed E-state index contributed by atoms with van der Waals surface area (Å²) in [6.07, 6.45) is 4.17. The van der Waals surface area contributed by atoms with Crippen molar-refractivity contribution in [1.29, 1.82) is 0 Å². The molecule has 64 valence electrons. The number of rotatable bonds is 2. The van der Waals surface area contributed by atoms with Gasteiger partial charge in [0.15, 0.2) is 0 Å². The van der Waals surface area contributed by atoms with Gasteiger partial charge in [-0.05, 0) is 12.8 Å². The predicted molar refractivity (Wildman–Crippen MR) is 52.2 cm³/mol. The first kappa shape index (κ1) is 10.6. The molecular weight excluding hydrogens is 154 g/mol. The summed E-state index contributed by atoms with van der Waals surface area (Å²) in [7, 11) is 0. The van der Waals surface area contributed by atoms with Crippen LogP contribution in [0.4, 0.5) is 0 Å². The molecule has 0 saturated heterocycles. The maximum absolute atomic E-state index is 4.22. The Hall–Kier alpha value is -0.370. The van der Waals surface area contributed by atoms with Crippen LogP contribution in [0.15, 0.2) is 6.20 Å². The Labute approximate surface area is 73.5 Å². The summed E-state index contributed by atoms with van der Waals surface area (Å²) in [5.41, 5.74) is 0. The highest BCUT2D eigenvalue weighted by Gasteiger charge is 1.94. The molecule has 0 aliphatic heterocycles. The molecule has 2 heteroatoms. The summed E-state index contributed by atoms with van der Waals surface area (Å²) in [5.74, 6) is 0. The molecule has 1 rings (SSSR count). The van der Waals surface area contributed by atoms with Gasteiger partial charge in [-0.25, -0.2) is 4.98 Å². The normalized spacial score (nSPS) is 8.73. The third kappa shape index (κ3) is 3.51. The zero-order valence-electron chi connectivity index (χ0n) is 7.85. The molecule has 0 bridgehead atoms. The average molecular weight is 171 g/mol. The van der Waals surface area contributed by atoms with E-state index in [1.54, 1.807) is 0 Å². The standard InChI is InChI=1S/C7H11NS.C2H6/c1-3-6-5-8-7(4-2)9-6;1-2/h5H,3-4H2,1-2H3;1-2H3. The van der Waals surface area contributed by atoms with Crippen LogP contribution in [0, 0.1) is 0 Å². The van der Waals surface area contributed by atoms with Crippen LogP contribution in [0.25, 0.3) is 0 Å². The first-order valence-electron chi connectivity index (χ1n) is 4.30. The zero-order chi connectivity index (χ0) is 8.69. The largest absolute Gasteiger partial charge is 0.249 e. The summed E-state index contributed by atoms with van der Waals surface area (Å²) in [6.45, 7) is 8.30. The van der Waals surface area contributed by atoms with E-state index in [1.807, 2.05) is 31.4 Å². The molecule has 0 aromatic carbocycles. The third-order valence-corrected chi connectivity index (χ3v) is 2.54. The highest BCUT2D eigenvalue weighted by Crippen LogP contribution is 2.12. The molecule has 0 N–H and O–H groups in total. The lowest BCUT2D eigenvalue weighted by Gasteiger charge is -1.81. The highest BCUT2D eigenvalue weighted by molar-refractivity contribution is 7.11. The fourth-order valence-corrected chi connectivity index (χ4v) is 1.48. The third-order valence-electron chi connectivity index (χ3n) is 1.25. The van der Waals surface area contributed by atoms with E-state index in [4.69, 9.17) is 0 Å². The Bertz CT molecular complexity index is 163. The van der Waals surface area contributed by atoms with Crippen molar-refractivity contribution in [3.05, 3.63) is 16.1 Å². The molecule has 0 spiro atoms. The Kier molecular flexibility index (Phi) is 6.13. The van der Waals surface area contributed by atoms with Crippen LogP contribution in [0.5, 0.6) is 0 Å². The zero-order valence-corrected chi connectivity index (χ0v) is 8.66. The van der Waals surface area contributed by atoms with Gasteiger partial charge < -0.3 is 0 Å². The molecule has 1 nitrogen and oxygen atoms in total. The van der Waals surface area contributed by atoms with Crippen LogP contribution in [-0.4, -0.2) is 4.98 Å².